The maximum Gasteiger partial charge on any atom is 0.0779 e. The van der Waals surface area contributed by atoms with Crippen molar-refractivity contribution in [3.05, 3.63) is 24.0 Å². The molecule has 1 aliphatic heterocycles. The lowest BCUT2D eigenvalue weighted by molar-refractivity contribution is 0.0255. The first kappa shape index (κ1) is 11.0. The number of aromatic nitrogens is 1. The Hall–Kier alpha value is -1.13. The Morgan fingerprint density at radius 2 is 2.41 bits per heavy atom. The number of hydrogen-bond donors (Lipinski definition) is 1. The second-order valence-electron chi connectivity index (χ2n) is 4.81. The van der Waals surface area contributed by atoms with Crippen molar-refractivity contribution in [2.24, 2.45) is 5.73 Å². The molecule has 0 bridgehead atoms. The van der Waals surface area contributed by atoms with Gasteiger partial charge in [-0.15, -0.1) is 0 Å². The number of ether oxygens (including phenoxy) is 1. The molecule has 1 saturated carbocycles. The molecule has 1 aromatic heterocycles. The molecule has 0 aromatic carbocycles. The number of nitrogens with zero attached hydrogens (tertiary/aromatic N) is 2. The lowest BCUT2D eigenvalue weighted by atomic mass is 10.1. The van der Waals surface area contributed by atoms with Crippen molar-refractivity contribution in [3.63, 3.8) is 0 Å². The van der Waals surface area contributed by atoms with Gasteiger partial charge >= 0.3 is 0 Å². The van der Waals surface area contributed by atoms with Crippen molar-refractivity contribution in [1.29, 1.82) is 0 Å². The van der Waals surface area contributed by atoms with E-state index in [1.165, 1.54) is 30.5 Å². The smallest absolute Gasteiger partial charge is 0.0779 e. The Morgan fingerprint density at radius 1 is 1.47 bits per heavy atom. The quantitative estimate of drug-likeness (QED) is 0.836. The van der Waals surface area contributed by atoms with Crippen LogP contribution in [0.1, 0.15) is 24.8 Å². The van der Waals surface area contributed by atoms with Crippen LogP contribution in [-0.4, -0.2) is 30.3 Å². The largest absolute Gasteiger partial charge is 0.374 e. The Kier molecular flexibility index (Phi) is 2.99. The zero-order valence-corrected chi connectivity index (χ0v) is 10.0. The zero-order chi connectivity index (χ0) is 11.7. The van der Waals surface area contributed by atoms with Crippen LogP contribution in [0, 0.1) is 0 Å². The third-order valence-corrected chi connectivity index (χ3v) is 3.90. The van der Waals surface area contributed by atoms with Crippen molar-refractivity contribution in [1.82, 2.24) is 4.98 Å². The van der Waals surface area contributed by atoms with Crippen LogP contribution in [0.5, 0.6) is 0 Å². The average Bonchev–Trinajstić information content (AvgIpc) is 2.86. The molecule has 4 nitrogen and oxygen atoms in total. The lowest BCUT2D eigenvalue weighted by Gasteiger charge is -2.40. The molecule has 1 aliphatic carbocycles. The molecule has 2 N–H and O–H groups in total. The Labute approximate surface area is 102 Å². The van der Waals surface area contributed by atoms with E-state index in [2.05, 4.69) is 9.88 Å². The highest BCUT2D eigenvalue weighted by Crippen LogP contribution is 2.34. The first-order chi connectivity index (χ1) is 8.40. The van der Waals surface area contributed by atoms with E-state index in [4.69, 9.17) is 10.5 Å². The summed E-state index contributed by atoms with van der Waals surface area (Å²) in [6, 6.07) is 2.55. The molecule has 0 radical (unpaired) electrons. The van der Waals surface area contributed by atoms with Crippen molar-refractivity contribution in [2.45, 2.75) is 38.0 Å². The number of rotatable bonds is 2. The third-order valence-electron chi connectivity index (χ3n) is 3.90. The fourth-order valence-electron chi connectivity index (χ4n) is 3.07. The molecule has 3 rings (SSSR count). The predicted octanol–water partition coefficient (Wildman–Crippen LogP) is 1.30. The van der Waals surface area contributed by atoms with Crippen LogP contribution < -0.4 is 10.6 Å². The first-order valence-electron chi connectivity index (χ1n) is 6.41. The molecule has 17 heavy (non-hydrogen) atoms. The fraction of sp³-hybridized carbons (Fsp3) is 0.615. The lowest BCUT2D eigenvalue weighted by Crippen LogP contribution is -2.49. The van der Waals surface area contributed by atoms with Gasteiger partial charge in [-0.25, -0.2) is 0 Å². The number of pyridine rings is 1. The summed E-state index contributed by atoms with van der Waals surface area (Å²) in [5.74, 6) is 0. The van der Waals surface area contributed by atoms with Gasteiger partial charge in [-0.05, 0) is 30.9 Å². The topological polar surface area (TPSA) is 51.4 Å². The average molecular weight is 233 g/mol. The molecule has 4 heteroatoms. The molecular formula is C13H19N3O. The van der Waals surface area contributed by atoms with Crippen molar-refractivity contribution in [2.75, 3.05) is 18.1 Å². The van der Waals surface area contributed by atoms with Gasteiger partial charge in [0.05, 0.1) is 30.6 Å². The SMILES string of the molecule is NCc1ccncc1N1CCOC2CCCC21. The van der Waals surface area contributed by atoms with Gasteiger partial charge < -0.3 is 15.4 Å². The van der Waals surface area contributed by atoms with Gasteiger partial charge in [0, 0.05) is 19.3 Å². The minimum Gasteiger partial charge on any atom is -0.374 e. The second-order valence-corrected chi connectivity index (χ2v) is 4.81. The minimum absolute atomic E-state index is 0.412. The van der Waals surface area contributed by atoms with Crippen LogP contribution in [0.25, 0.3) is 0 Å². The standard InChI is InChI=1S/C13H19N3O/c14-8-10-4-5-15-9-12(10)16-6-7-17-13-3-1-2-11(13)16/h4-5,9,11,13H,1-3,6-8,14H2. The molecule has 0 spiro atoms. The van der Waals surface area contributed by atoms with Crippen LogP contribution >= 0.6 is 0 Å². The normalized spacial score (nSPS) is 28.2. The van der Waals surface area contributed by atoms with Crippen LogP contribution in [0.3, 0.4) is 0 Å². The van der Waals surface area contributed by atoms with Crippen molar-refractivity contribution >= 4 is 5.69 Å². The van der Waals surface area contributed by atoms with Gasteiger partial charge in [-0.2, -0.15) is 0 Å². The Balaban J connectivity index is 1.91. The summed E-state index contributed by atoms with van der Waals surface area (Å²) in [5.41, 5.74) is 8.20. The summed E-state index contributed by atoms with van der Waals surface area (Å²) in [7, 11) is 0. The van der Waals surface area contributed by atoms with E-state index >= 15 is 0 Å². The van der Waals surface area contributed by atoms with E-state index in [0.29, 0.717) is 18.7 Å². The van der Waals surface area contributed by atoms with E-state index in [-0.39, 0.29) is 0 Å². The number of morpholine rings is 1. The van der Waals surface area contributed by atoms with Gasteiger partial charge in [0.1, 0.15) is 0 Å². The molecule has 1 saturated heterocycles. The summed E-state index contributed by atoms with van der Waals surface area (Å²) in [5, 5.41) is 0. The molecule has 92 valence electrons. The molecule has 2 atom stereocenters. The zero-order valence-electron chi connectivity index (χ0n) is 10.0. The molecule has 2 aliphatic rings. The van der Waals surface area contributed by atoms with Crippen molar-refractivity contribution in [3.8, 4) is 0 Å². The number of fused-ring (bicyclic) bond motifs is 1. The van der Waals surface area contributed by atoms with Gasteiger partial charge in [0.2, 0.25) is 0 Å². The summed E-state index contributed by atoms with van der Waals surface area (Å²) in [4.78, 5) is 6.70. The Bertz CT molecular complexity index is 396. The highest BCUT2D eigenvalue weighted by molar-refractivity contribution is 5.53. The highest BCUT2D eigenvalue weighted by Gasteiger charge is 2.36. The van der Waals surface area contributed by atoms with Crippen LogP contribution in [0.2, 0.25) is 0 Å². The highest BCUT2D eigenvalue weighted by atomic mass is 16.5. The van der Waals surface area contributed by atoms with Crippen molar-refractivity contribution < 1.29 is 4.74 Å². The van der Waals surface area contributed by atoms with Gasteiger partial charge in [0.15, 0.2) is 0 Å². The van der Waals surface area contributed by atoms with Crippen LogP contribution in [0.15, 0.2) is 18.5 Å². The summed E-state index contributed by atoms with van der Waals surface area (Å²) in [6.45, 7) is 2.35. The van der Waals surface area contributed by atoms with E-state index in [1.807, 2.05) is 18.5 Å². The van der Waals surface area contributed by atoms with Gasteiger partial charge in [-0.3, -0.25) is 4.98 Å². The van der Waals surface area contributed by atoms with E-state index in [9.17, 15) is 0 Å². The molecule has 1 aromatic rings. The summed E-state index contributed by atoms with van der Waals surface area (Å²) >= 11 is 0. The molecule has 2 heterocycles. The molecular weight excluding hydrogens is 214 g/mol. The van der Waals surface area contributed by atoms with Gasteiger partial charge in [-0.1, -0.05) is 0 Å². The number of nitrogens with two attached hydrogens (primary N) is 1. The first-order valence-corrected chi connectivity index (χ1v) is 6.41. The van der Waals surface area contributed by atoms with Crippen LogP contribution in [0.4, 0.5) is 5.69 Å². The number of anilines is 1. The Morgan fingerprint density at radius 3 is 3.29 bits per heavy atom. The third kappa shape index (κ3) is 1.91. The minimum atomic E-state index is 0.412. The van der Waals surface area contributed by atoms with Crippen LogP contribution in [-0.2, 0) is 11.3 Å². The maximum atomic E-state index is 5.83. The monoisotopic (exact) mass is 233 g/mol. The molecule has 2 fully saturated rings. The number of hydrogen-bond acceptors (Lipinski definition) is 4. The maximum absolute atomic E-state index is 5.83. The van der Waals surface area contributed by atoms with E-state index in [0.717, 1.165) is 13.2 Å². The molecule has 2 unspecified atom stereocenters. The van der Waals surface area contributed by atoms with E-state index < -0.39 is 0 Å². The van der Waals surface area contributed by atoms with E-state index in [1.54, 1.807) is 0 Å². The van der Waals surface area contributed by atoms with Gasteiger partial charge in [0.25, 0.3) is 0 Å². The second kappa shape index (κ2) is 4.63. The fourth-order valence-corrected chi connectivity index (χ4v) is 3.07. The molecule has 0 amide bonds. The predicted molar refractivity (Wildman–Crippen MR) is 66.9 cm³/mol. The summed E-state index contributed by atoms with van der Waals surface area (Å²) < 4.78 is 5.83. The summed E-state index contributed by atoms with van der Waals surface area (Å²) in [6.07, 6.45) is 7.86.